The highest BCUT2D eigenvalue weighted by molar-refractivity contribution is 5.72. The standard InChI is InChI=1S/C16H18N2O2/c19-12-15-14(13-4-2-1-3-5-13)6-7-17-16(15)18-8-10-20-11-9-18/h1-7,19H,8-12H2. The third kappa shape index (κ3) is 2.53. The van der Waals surface area contributed by atoms with Crippen molar-refractivity contribution in [2.45, 2.75) is 6.61 Å². The first-order chi connectivity index (χ1) is 9.90. The van der Waals surface area contributed by atoms with Crippen molar-refractivity contribution in [3.05, 3.63) is 48.2 Å². The fraction of sp³-hybridized carbons (Fsp3) is 0.312. The average Bonchev–Trinajstić information content (AvgIpc) is 2.55. The molecule has 4 nitrogen and oxygen atoms in total. The van der Waals surface area contributed by atoms with Gasteiger partial charge in [-0.3, -0.25) is 0 Å². The molecule has 20 heavy (non-hydrogen) atoms. The van der Waals surface area contributed by atoms with E-state index in [0.29, 0.717) is 13.2 Å². The molecule has 1 aromatic carbocycles. The van der Waals surface area contributed by atoms with Crippen molar-refractivity contribution in [3.63, 3.8) is 0 Å². The number of aromatic nitrogens is 1. The SMILES string of the molecule is OCc1c(-c2ccccc2)ccnc1N1CCOCC1. The van der Waals surface area contributed by atoms with Crippen molar-refractivity contribution >= 4 is 5.82 Å². The van der Waals surface area contributed by atoms with Crippen molar-refractivity contribution in [1.29, 1.82) is 0 Å². The molecule has 3 rings (SSSR count). The van der Waals surface area contributed by atoms with Gasteiger partial charge < -0.3 is 14.7 Å². The van der Waals surface area contributed by atoms with Gasteiger partial charge in [-0.2, -0.15) is 0 Å². The van der Waals surface area contributed by atoms with Gasteiger partial charge in [-0.05, 0) is 17.2 Å². The lowest BCUT2D eigenvalue weighted by molar-refractivity contribution is 0.122. The van der Waals surface area contributed by atoms with E-state index in [1.54, 1.807) is 0 Å². The molecule has 1 N–H and O–H groups in total. The lowest BCUT2D eigenvalue weighted by Gasteiger charge is -2.30. The Balaban J connectivity index is 2.03. The van der Waals surface area contributed by atoms with Crippen LogP contribution in [-0.4, -0.2) is 36.4 Å². The fourth-order valence-corrected chi connectivity index (χ4v) is 2.57. The molecule has 0 atom stereocenters. The van der Waals surface area contributed by atoms with Crippen LogP contribution in [-0.2, 0) is 11.3 Å². The fourth-order valence-electron chi connectivity index (χ4n) is 2.57. The van der Waals surface area contributed by atoms with Gasteiger partial charge in [0.25, 0.3) is 0 Å². The molecule has 1 aliphatic rings. The third-order valence-corrected chi connectivity index (χ3v) is 3.59. The average molecular weight is 270 g/mol. The summed E-state index contributed by atoms with van der Waals surface area (Å²) in [5.41, 5.74) is 3.04. The predicted molar refractivity (Wildman–Crippen MR) is 78.6 cm³/mol. The number of ether oxygens (including phenoxy) is 1. The summed E-state index contributed by atoms with van der Waals surface area (Å²) in [7, 11) is 0. The van der Waals surface area contributed by atoms with Crippen LogP contribution in [0.25, 0.3) is 11.1 Å². The number of morpholine rings is 1. The van der Waals surface area contributed by atoms with Gasteiger partial charge in [0.05, 0.1) is 19.8 Å². The van der Waals surface area contributed by atoms with Crippen LogP contribution >= 0.6 is 0 Å². The number of nitrogens with zero attached hydrogens (tertiary/aromatic N) is 2. The minimum Gasteiger partial charge on any atom is -0.392 e. The van der Waals surface area contributed by atoms with Gasteiger partial charge in [-0.25, -0.2) is 4.98 Å². The van der Waals surface area contributed by atoms with Gasteiger partial charge in [-0.1, -0.05) is 30.3 Å². The van der Waals surface area contributed by atoms with Crippen molar-refractivity contribution in [2.24, 2.45) is 0 Å². The summed E-state index contributed by atoms with van der Waals surface area (Å²) in [6.07, 6.45) is 1.81. The van der Waals surface area contributed by atoms with E-state index in [-0.39, 0.29) is 6.61 Å². The first-order valence-corrected chi connectivity index (χ1v) is 6.87. The van der Waals surface area contributed by atoms with Crippen LogP contribution in [0.3, 0.4) is 0 Å². The Morgan fingerprint density at radius 2 is 1.85 bits per heavy atom. The molecule has 0 saturated carbocycles. The number of hydrogen-bond donors (Lipinski definition) is 1. The second-order valence-electron chi connectivity index (χ2n) is 4.78. The van der Waals surface area contributed by atoms with Crippen LogP contribution < -0.4 is 4.90 Å². The molecular formula is C16H18N2O2. The summed E-state index contributed by atoms with van der Waals surface area (Å²) in [6.45, 7) is 3.05. The number of hydrogen-bond acceptors (Lipinski definition) is 4. The molecule has 0 aliphatic carbocycles. The molecule has 2 heterocycles. The summed E-state index contributed by atoms with van der Waals surface area (Å²) >= 11 is 0. The summed E-state index contributed by atoms with van der Waals surface area (Å²) in [4.78, 5) is 6.65. The Morgan fingerprint density at radius 1 is 1.10 bits per heavy atom. The van der Waals surface area contributed by atoms with Crippen molar-refractivity contribution in [1.82, 2.24) is 4.98 Å². The molecule has 0 unspecified atom stereocenters. The second kappa shape index (κ2) is 6.03. The maximum absolute atomic E-state index is 9.79. The molecule has 1 aromatic heterocycles. The highest BCUT2D eigenvalue weighted by Crippen LogP contribution is 2.30. The van der Waals surface area contributed by atoms with E-state index in [0.717, 1.165) is 35.6 Å². The Kier molecular flexibility index (Phi) is 3.95. The minimum absolute atomic E-state index is 0.00917. The number of rotatable bonds is 3. The van der Waals surface area contributed by atoms with E-state index >= 15 is 0 Å². The van der Waals surface area contributed by atoms with Crippen molar-refractivity contribution in [3.8, 4) is 11.1 Å². The highest BCUT2D eigenvalue weighted by atomic mass is 16.5. The van der Waals surface area contributed by atoms with Crippen LogP contribution in [0.5, 0.6) is 0 Å². The maximum Gasteiger partial charge on any atom is 0.134 e. The van der Waals surface area contributed by atoms with Crippen LogP contribution in [0.2, 0.25) is 0 Å². The summed E-state index contributed by atoms with van der Waals surface area (Å²) in [5.74, 6) is 0.872. The zero-order chi connectivity index (χ0) is 13.8. The maximum atomic E-state index is 9.79. The van der Waals surface area contributed by atoms with Crippen LogP contribution in [0.4, 0.5) is 5.82 Å². The highest BCUT2D eigenvalue weighted by Gasteiger charge is 2.18. The van der Waals surface area contributed by atoms with E-state index < -0.39 is 0 Å². The topological polar surface area (TPSA) is 45.6 Å². The summed E-state index contributed by atoms with van der Waals surface area (Å²) in [6, 6.07) is 12.1. The Morgan fingerprint density at radius 3 is 2.55 bits per heavy atom. The number of pyridine rings is 1. The molecule has 0 bridgehead atoms. The molecule has 4 heteroatoms. The molecule has 0 amide bonds. The molecule has 2 aromatic rings. The second-order valence-corrected chi connectivity index (χ2v) is 4.78. The van der Waals surface area contributed by atoms with Crippen molar-refractivity contribution in [2.75, 3.05) is 31.2 Å². The Hall–Kier alpha value is -1.91. The first-order valence-electron chi connectivity index (χ1n) is 6.87. The van der Waals surface area contributed by atoms with Crippen LogP contribution in [0, 0.1) is 0 Å². The van der Waals surface area contributed by atoms with Crippen molar-refractivity contribution < 1.29 is 9.84 Å². The van der Waals surface area contributed by atoms with Gasteiger partial charge in [0.15, 0.2) is 0 Å². The van der Waals surface area contributed by atoms with E-state index in [1.165, 1.54) is 0 Å². The lowest BCUT2D eigenvalue weighted by atomic mass is 10.0. The largest absolute Gasteiger partial charge is 0.392 e. The number of aliphatic hydroxyl groups is 1. The molecular weight excluding hydrogens is 252 g/mol. The quantitative estimate of drug-likeness (QED) is 0.927. The minimum atomic E-state index is -0.00917. The van der Waals surface area contributed by atoms with Gasteiger partial charge >= 0.3 is 0 Å². The molecule has 1 aliphatic heterocycles. The smallest absolute Gasteiger partial charge is 0.134 e. The van der Waals surface area contributed by atoms with Gasteiger partial charge in [0.1, 0.15) is 5.82 Å². The number of aliphatic hydroxyl groups excluding tert-OH is 1. The van der Waals surface area contributed by atoms with Gasteiger partial charge in [-0.15, -0.1) is 0 Å². The molecule has 1 saturated heterocycles. The van der Waals surface area contributed by atoms with Crippen LogP contribution in [0.15, 0.2) is 42.6 Å². The van der Waals surface area contributed by atoms with Crippen LogP contribution in [0.1, 0.15) is 5.56 Å². The Bertz CT molecular complexity index is 566. The zero-order valence-corrected chi connectivity index (χ0v) is 11.3. The molecule has 104 valence electrons. The molecule has 0 radical (unpaired) electrons. The normalized spacial score (nSPS) is 15.3. The first kappa shape index (κ1) is 13.1. The summed E-state index contributed by atoms with van der Waals surface area (Å²) in [5, 5.41) is 9.79. The Labute approximate surface area is 118 Å². The third-order valence-electron chi connectivity index (χ3n) is 3.59. The number of anilines is 1. The molecule has 1 fully saturated rings. The van der Waals surface area contributed by atoms with Gasteiger partial charge in [0, 0.05) is 24.8 Å². The van der Waals surface area contributed by atoms with E-state index in [4.69, 9.17) is 4.74 Å². The van der Waals surface area contributed by atoms with Gasteiger partial charge in [0.2, 0.25) is 0 Å². The van der Waals surface area contributed by atoms with E-state index in [1.807, 2.05) is 30.5 Å². The number of benzene rings is 1. The lowest BCUT2D eigenvalue weighted by Crippen LogP contribution is -2.37. The zero-order valence-electron chi connectivity index (χ0n) is 11.3. The monoisotopic (exact) mass is 270 g/mol. The molecule has 0 spiro atoms. The van der Waals surface area contributed by atoms with E-state index in [9.17, 15) is 5.11 Å². The summed E-state index contributed by atoms with van der Waals surface area (Å²) < 4.78 is 5.38. The predicted octanol–water partition coefficient (Wildman–Crippen LogP) is 2.08. The van der Waals surface area contributed by atoms with E-state index in [2.05, 4.69) is 22.0 Å².